The summed E-state index contributed by atoms with van der Waals surface area (Å²) in [6, 6.07) is 6.75. The summed E-state index contributed by atoms with van der Waals surface area (Å²) in [6.07, 6.45) is 1.05. The van der Waals surface area contributed by atoms with Crippen molar-refractivity contribution >= 4 is 16.9 Å². The first-order chi connectivity index (χ1) is 11.5. The molecule has 1 aliphatic rings. The Bertz CT molecular complexity index is 733. The van der Waals surface area contributed by atoms with Crippen molar-refractivity contribution in [3.8, 4) is 0 Å². The number of carbonyl (C=O) groups is 1. The number of para-hydroxylation sites is 1. The van der Waals surface area contributed by atoms with Gasteiger partial charge in [0.15, 0.2) is 0 Å². The molecule has 0 amide bonds. The van der Waals surface area contributed by atoms with Crippen molar-refractivity contribution in [3.05, 3.63) is 35.5 Å². The molecule has 0 saturated heterocycles. The Morgan fingerprint density at radius 1 is 1.29 bits per heavy atom. The number of hydrogen-bond donors (Lipinski definition) is 1. The van der Waals surface area contributed by atoms with Gasteiger partial charge in [0, 0.05) is 24.6 Å². The van der Waals surface area contributed by atoms with Crippen LogP contribution in [0.3, 0.4) is 0 Å². The average molecular weight is 337 g/mol. The topological polar surface area (TPSA) is 51.5 Å². The molecule has 1 aliphatic carbocycles. The molecule has 6 heteroatoms. The highest BCUT2D eigenvalue weighted by Crippen LogP contribution is 2.36. The molecule has 1 aromatic carbocycles. The lowest BCUT2D eigenvalue weighted by Gasteiger charge is -2.28. The van der Waals surface area contributed by atoms with Crippen molar-refractivity contribution in [1.29, 1.82) is 0 Å². The molecule has 0 bridgehead atoms. The fraction of sp³-hybridized carbons (Fsp3) is 0.500. The van der Waals surface area contributed by atoms with Crippen LogP contribution in [0.15, 0.2) is 24.3 Å². The Labute approximate surface area is 139 Å². The Balaban J connectivity index is 2.00. The molecular formula is C18H21F2NO3. The van der Waals surface area contributed by atoms with Crippen LogP contribution < -0.4 is 0 Å². The number of carboxylic acids is 1. The van der Waals surface area contributed by atoms with Gasteiger partial charge in [0.05, 0.1) is 11.7 Å². The number of alkyl halides is 2. The number of methoxy groups -OCH3 is 1. The molecule has 3 rings (SSSR count). The summed E-state index contributed by atoms with van der Waals surface area (Å²) in [5.74, 6) is -1.05. The molecule has 1 N–H and O–H groups in total. The summed E-state index contributed by atoms with van der Waals surface area (Å²) in [7, 11) is 1.69. The van der Waals surface area contributed by atoms with Crippen molar-refractivity contribution < 1.29 is 23.4 Å². The van der Waals surface area contributed by atoms with Gasteiger partial charge in [-0.15, -0.1) is 0 Å². The zero-order chi connectivity index (χ0) is 17.3. The van der Waals surface area contributed by atoms with Crippen LogP contribution in [0.4, 0.5) is 8.78 Å². The van der Waals surface area contributed by atoms with Crippen LogP contribution in [0.25, 0.3) is 10.9 Å². The fourth-order valence-electron chi connectivity index (χ4n) is 3.78. The van der Waals surface area contributed by atoms with Crippen LogP contribution in [0, 0.1) is 5.92 Å². The Morgan fingerprint density at radius 3 is 2.54 bits per heavy atom. The van der Waals surface area contributed by atoms with E-state index in [0.717, 1.165) is 25.7 Å². The molecule has 130 valence electrons. The first kappa shape index (κ1) is 16.9. The standard InChI is InChI=1S/C18H21F2NO3/c1-24-12-8-6-11(7-9-12)10-21-14-5-3-2-4-13(14)15(18(22)23)16(21)17(19)20/h2-5,11-12,17H,6-10H2,1H3,(H,22,23). The lowest BCUT2D eigenvalue weighted by molar-refractivity contribution is 0.0534. The monoisotopic (exact) mass is 337 g/mol. The molecule has 2 aromatic rings. The number of ether oxygens (including phenoxy) is 1. The zero-order valence-electron chi connectivity index (χ0n) is 13.5. The average Bonchev–Trinajstić information content (AvgIpc) is 2.90. The van der Waals surface area contributed by atoms with Gasteiger partial charge in [-0.05, 0) is 37.7 Å². The molecule has 0 spiro atoms. The molecule has 1 heterocycles. The van der Waals surface area contributed by atoms with Gasteiger partial charge in [-0.1, -0.05) is 18.2 Å². The van der Waals surface area contributed by atoms with Gasteiger partial charge >= 0.3 is 5.97 Å². The Kier molecular flexibility index (Phi) is 4.85. The van der Waals surface area contributed by atoms with E-state index in [-0.39, 0.29) is 23.3 Å². The van der Waals surface area contributed by atoms with Crippen LogP contribution in [-0.2, 0) is 11.3 Å². The van der Waals surface area contributed by atoms with Crippen LogP contribution in [0.5, 0.6) is 0 Å². The minimum absolute atomic E-state index is 0.242. The number of rotatable bonds is 5. The second-order valence-corrected chi connectivity index (χ2v) is 6.37. The summed E-state index contributed by atoms with van der Waals surface area (Å²) >= 11 is 0. The fourth-order valence-corrected chi connectivity index (χ4v) is 3.78. The molecule has 1 fully saturated rings. The minimum Gasteiger partial charge on any atom is -0.478 e. The van der Waals surface area contributed by atoms with Gasteiger partial charge in [0.2, 0.25) is 0 Å². The third kappa shape index (κ3) is 3.02. The van der Waals surface area contributed by atoms with Gasteiger partial charge in [-0.2, -0.15) is 0 Å². The molecule has 0 atom stereocenters. The summed E-state index contributed by atoms with van der Waals surface area (Å²) in [5, 5.41) is 9.82. The van der Waals surface area contributed by atoms with E-state index in [9.17, 15) is 18.7 Å². The van der Waals surface area contributed by atoms with Crippen molar-refractivity contribution in [1.82, 2.24) is 4.57 Å². The molecule has 4 nitrogen and oxygen atoms in total. The van der Waals surface area contributed by atoms with E-state index in [1.165, 1.54) is 4.57 Å². The van der Waals surface area contributed by atoms with Gasteiger partial charge < -0.3 is 14.4 Å². The number of fused-ring (bicyclic) bond motifs is 1. The minimum atomic E-state index is -2.82. The first-order valence-corrected chi connectivity index (χ1v) is 8.18. The molecule has 0 unspecified atom stereocenters. The van der Waals surface area contributed by atoms with Crippen LogP contribution in [-0.4, -0.2) is 28.9 Å². The SMILES string of the molecule is COC1CCC(Cn2c(C(F)F)c(C(=O)O)c3ccccc32)CC1. The van der Waals surface area contributed by atoms with E-state index < -0.39 is 12.4 Å². The maximum absolute atomic E-state index is 13.7. The molecule has 24 heavy (non-hydrogen) atoms. The largest absolute Gasteiger partial charge is 0.478 e. The maximum atomic E-state index is 13.7. The molecular weight excluding hydrogens is 316 g/mol. The number of halogens is 2. The van der Waals surface area contributed by atoms with Crippen LogP contribution in [0.2, 0.25) is 0 Å². The second-order valence-electron chi connectivity index (χ2n) is 6.37. The molecule has 0 radical (unpaired) electrons. The highest BCUT2D eigenvalue weighted by molar-refractivity contribution is 6.05. The lowest BCUT2D eigenvalue weighted by atomic mass is 9.87. The third-order valence-corrected chi connectivity index (χ3v) is 5.00. The van der Waals surface area contributed by atoms with E-state index in [0.29, 0.717) is 17.4 Å². The molecule has 0 aliphatic heterocycles. The van der Waals surface area contributed by atoms with Crippen LogP contribution >= 0.6 is 0 Å². The van der Waals surface area contributed by atoms with Gasteiger partial charge in [0.25, 0.3) is 6.43 Å². The van der Waals surface area contributed by atoms with E-state index >= 15 is 0 Å². The van der Waals surface area contributed by atoms with E-state index in [1.54, 1.807) is 31.4 Å². The van der Waals surface area contributed by atoms with Gasteiger partial charge in [-0.25, -0.2) is 13.6 Å². The predicted octanol–water partition coefficient (Wildman–Crippen LogP) is 4.48. The van der Waals surface area contributed by atoms with E-state index in [2.05, 4.69) is 0 Å². The smallest absolute Gasteiger partial charge is 0.338 e. The van der Waals surface area contributed by atoms with E-state index in [1.807, 2.05) is 0 Å². The maximum Gasteiger partial charge on any atom is 0.338 e. The number of hydrogen-bond acceptors (Lipinski definition) is 2. The highest BCUT2D eigenvalue weighted by Gasteiger charge is 2.30. The molecule has 1 saturated carbocycles. The Morgan fingerprint density at radius 2 is 1.96 bits per heavy atom. The summed E-state index contributed by atoms with van der Waals surface area (Å²) < 4.78 is 34.2. The van der Waals surface area contributed by atoms with Crippen molar-refractivity contribution in [3.63, 3.8) is 0 Å². The quantitative estimate of drug-likeness (QED) is 0.875. The third-order valence-electron chi connectivity index (χ3n) is 5.00. The number of benzene rings is 1. The van der Waals surface area contributed by atoms with E-state index in [4.69, 9.17) is 4.74 Å². The van der Waals surface area contributed by atoms with Crippen molar-refractivity contribution in [2.75, 3.05) is 7.11 Å². The second kappa shape index (κ2) is 6.89. The van der Waals surface area contributed by atoms with Gasteiger partial charge in [-0.3, -0.25) is 0 Å². The zero-order valence-corrected chi connectivity index (χ0v) is 13.5. The summed E-state index contributed by atoms with van der Waals surface area (Å²) in [4.78, 5) is 11.6. The highest BCUT2D eigenvalue weighted by atomic mass is 19.3. The summed E-state index contributed by atoms with van der Waals surface area (Å²) in [5.41, 5.74) is -0.0807. The Hall–Kier alpha value is -1.95. The normalized spacial score (nSPS) is 21.5. The van der Waals surface area contributed by atoms with Crippen molar-refractivity contribution in [2.24, 2.45) is 5.92 Å². The van der Waals surface area contributed by atoms with Crippen molar-refractivity contribution in [2.45, 2.75) is 44.8 Å². The predicted molar refractivity (Wildman–Crippen MR) is 86.6 cm³/mol. The first-order valence-electron chi connectivity index (χ1n) is 8.18. The lowest BCUT2D eigenvalue weighted by Crippen LogP contribution is -2.24. The summed E-state index contributed by atoms with van der Waals surface area (Å²) in [6.45, 7) is 0.421. The number of carboxylic acid groups (broad SMARTS) is 1. The number of nitrogens with zero attached hydrogens (tertiary/aromatic N) is 1. The van der Waals surface area contributed by atoms with Crippen LogP contribution in [0.1, 0.15) is 48.2 Å². The molecule has 1 aromatic heterocycles. The number of aromatic carboxylic acids is 1. The van der Waals surface area contributed by atoms with Gasteiger partial charge in [0.1, 0.15) is 5.69 Å². The number of aromatic nitrogens is 1.